The Balaban J connectivity index is 4.24. The van der Waals surface area contributed by atoms with E-state index in [2.05, 4.69) is 50.3 Å². The predicted octanol–water partition coefficient (Wildman–Crippen LogP) is 12.2. The zero-order valence-corrected chi connectivity index (χ0v) is 34.9. The van der Waals surface area contributed by atoms with E-state index in [-0.39, 0.29) is 32.6 Å². The van der Waals surface area contributed by atoms with Gasteiger partial charge in [0, 0.05) is 19.4 Å². The van der Waals surface area contributed by atoms with E-state index in [9.17, 15) is 19.0 Å². The Morgan fingerprint density at radius 1 is 0.566 bits per heavy atom. The van der Waals surface area contributed by atoms with Crippen molar-refractivity contribution in [3.05, 3.63) is 36.5 Å². The molecule has 0 aliphatic heterocycles. The van der Waals surface area contributed by atoms with Crippen LogP contribution in [0.15, 0.2) is 36.5 Å². The SMILES string of the molecule is CCCCCCCCCC/C=C/CCCCCC(=O)O[C@H](COC(=O)CCC/C=C/C/C=C/CCCCCCCCCCC)COP(=O)(O)OCCN. The lowest BCUT2D eigenvalue weighted by Gasteiger charge is -2.19. The highest BCUT2D eigenvalue weighted by Crippen LogP contribution is 2.43. The van der Waals surface area contributed by atoms with Gasteiger partial charge in [-0.1, -0.05) is 153 Å². The van der Waals surface area contributed by atoms with Gasteiger partial charge < -0.3 is 20.1 Å². The van der Waals surface area contributed by atoms with Crippen LogP contribution in [-0.4, -0.2) is 49.3 Å². The second kappa shape index (κ2) is 39.9. The molecule has 0 aliphatic carbocycles. The molecular formula is C43H80NO8P. The molecule has 53 heavy (non-hydrogen) atoms. The van der Waals surface area contributed by atoms with Crippen LogP contribution in [0.5, 0.6) is 0 Å². The molecule has 10 heteroatoms. The van der Waals surface area contributed by atoms with Crippen molar-refractivity contribution in [3.8, 4) is 0 Å². The molecule has 0 bridgehead atoms. The number of hydrogen-bond acceptors (Lipinski definition) is 8. The molecule has 0 rings (SSSR count). The highest BCUT2D eigenvalue weighted by atomic mass is 31.2. The minimum Gasteiger partial charge on any atom is -0.462 e. The Kier molecular flexibility index (Phi) is 38.6. The van der Waals surface area contributed by atoms with Gasteiger partial charge in [-0.3, -0.25) is 18.6 Å². The van der Waals surface area contributed by atoms with Crippen LogP contribution in [-0.2, 0) is 32.7 Å². The van der Waals surface area contributed by atoms with Crippen molar-refractivity contribution < 1.29 is 37.6 Å². The Morgan fingerprint density at radius 2 is 1.00 bits per heavy atom. The van der Waals surface area contributed by atoms with Gasteiger partial charge in [-0.2, -0.15) is 0 Å². The lowest BCUT2D eigenvalue weighted by molar-refractivity contribution is -0.161. The van der Waals surface area contributed by atoms with E-state index in [0.717, 1.165) is 44.9 Å². The summed E-state index contributed by atoms with van der Waals surface area (Å²) in [6.45, 7) is 3.67. The molecule has 3 N–H and O–H groups in total. The Labute approximate surface area is 324 Å². The Hall–Kier alpha value is -1.77. The van der Waals surface area contributed by atoms with E-state index in [0.29, 0.717) is 12.8 Å². The summed E-state index contributed by atoms with van der Waals surface area (Å²) < 4.78 is 32.7. The molecule has 0 aromatic rings. The molecule has 0 aromatic heterocycles. The predicted molar refractivity (Wildman–Crippen MR) is 220 cm³/mol. The van der Waals surface area contributed by atoms with Gasteiger partial charge in [0.15, 0.2) is 6.10 Å². The second-order valence-corrected chi connectivity index (χ2v) is 15.7. The third kappa shape index (κ3) is 39.7. The first-order valence-corrected chi connectivity index (χ1v) is 23.0. The van der Waals surface area contributed by atoms with Crippen molar-refractivity contribution >= 4 is 19.8 Å². The third-order valence-electron chi connectivity index (χ3n) is 9.00. The summed E-state index contributed by atoms with van der Waals surface area (Å²) in [6.07, 6.45) is 43.3. The molecule has 0 fully saturated rings. The molecule has 9 nitrogen and oxygen atoms in total. The summed E-state index contributed by atoms with van der Waals surface area (Å²) in [5.74, 6) is -0.898. The number of unbranched alkanes of at least 4 members (excludes halogenated alkanes) is 21. The average Bonchev–Trinajstić information content (AvgIpc) is 3.14. The molecule has 310 valence electrons. The number of rotatable bonds is 40. The van der Waals surface area contributed by atoms with E-state index in [1.807, 2.05) is 0 Å². The summed E-state index contributed by atoms with van der Waals surface area (Å²) in [6, 6.07) is 0. The van der Waals surface area contributed by atoms with Crippen LogP contribution in [0.25, 0.3) is 0 Å². The molecule has 1 unspecified atom stereocenters. The number of esters is 2. The summed E-state index contributed by atoms with van der Waals surface area (Å²) in [4.78, 5) is 34.8. The fourth-order valence-electron chi connectivity index (χ4n) is 5.79. The molecular weight excluding hydrogens is 689 g/mol. The highest BCUT2D eigenvalue weighted by molar-refractivity contribution is 7.47. The smallest absolute Gasteiger partial charge is 0.462 e. The maximum Gasteiger partial charge on any atom is 0.472 e. The summed E-state index contributed by atoms with van der Waals surface area (Å²) in [5, 5.41) is 0. The molecule has 0 amide bonds. The van der Waals surface area contributed by atoms with Crippen molar-refractivity contribution in [3.63, 3.8) is 0 Å². The fraction of sp³-hybridized carbons (Fsp3) is 0.814. The topological polar surface area (TPSA) is 134 Å². The van der Waals surface area contributed by atoms with Crippen LogP contribution in [0.2, 0.25) is 0 Å². The van der Waals surface area contributed by atoms with Gasteiger partial charge in [0.25, 0.3) is 0 Å². The van der Waals surface area contributed by atoms with Crippen molar-refractivity contribution in [2.45, 2.75) is 200 Å². The van der Waals surface area contributed by atoms with Crippen LogP contribution >= 0.6 is 7.82 Å². The Bertz CT molecular complexity index is 970. The van der Waals surface area contributed by atoms with Crippen LogP contribution in [0.4, 0.5) is 0 Å². The number of nitrogens with two attached hydrogens (primary N) is 1. The number of carbonyl (C=O) groups is 2. The normalized spacial score (nSPS) is 13.7. The average molecular weight is 770 g/mol. The van der Waals surface area contributed by atoms with E-state index < -0.39 is 32.5 Å². The van der Waals surface area contributed by atoms with Crippen molar-refractivity contribution in [2.24, 2.45) is 5.73 Å². The lowest BCUT2D eigenvalue weighted by atomic mass is 10.1. The highest BCUT2D eigenvalue weighted by Gasteiger charge is 2.25. The molecule has 0 saturated carbocycles. The number of carbonyl (C=O) groups excluding carboxylic acids is 2. The van der Waals surface area contributed by atoms with Crippen LogP contribution in [0.1, 0.15) is 194 Å². The zero-order chi connectivity index (χ0) is 38.9. The van der Waals surface area contributed by atoms with E-state index >= 15 is 0 Å². The summed E-state index contributed by atoms with van der Waals surface area (Å²) in [7, 11) is -4.39. The first kappa shape index (κ1) is 51.2. The standard InChI is InChI=1S/C43H80NO8P/c1-3-5-7-9-11-13-15-17-19-20-22-23-25-27-29-31-33-35-42(45)49-39-41(40-51-53(47,48)50-38-37-44)52-43(46)36-34-32-30-28-26-24-21-18-16-14-12-10-8-6-4-2/h22-24,26-27,29,41H,3-21,25,28,30-40,44H2,1-2H3,(H,47,48)/b23-22+,26-24+,29-27+/t41-/m1/s1. The van der Waals surface area contributed by atoms with E-state index in [1.54, 1.807) is 0 Å². The van der Waals surface area contributed by atoms with E-state index in [4.69, 9.17) is 24.3 Å². The van der Waals surface area contributed by atoms with Crippen LogP contribution in [0.3, 0.4) is 0 Å². The number of ether oxygens (including phenoxy) is 2. The fourth-order valence-corrected chi connectivity index (χ4v) is 6.55. The van der Waals surface area contributed by atoms with Gasteiger partial charge in [0.2, 0.25) is 0 Å². The lowest BCUT2D eigenvalue weighted by Crippen LogP contribution is -2.29. The second-order valence-electron chi connectivity index (χ2n) is 14.2. The largest absolute Gasteiger partial charge is 0.472 e. The van der Waals surface area contributed by atoms with E-state index in [1.165, 1.54) is 109 Å². The number of allylic oxidation sites excluding steroid dienone is 6. The molecule has 2 atom stereocenters. The van der Waals surface area contributed by atoms with Crippen molar-refractivity contribution in [2.75, 3.05) is 26.4 Å². The van der Waals surface area contributed by atoms with Gasteiger partial charge in [-0.15, -0.1) is 0 Å². The maximum absolute atomic E-state index is 12.6. The van der Waals surface area contributed by atoms with Gasteiger partial charge in [-0.25, -0.2) is 4.57 Å². The quantitative estimate of drug-likeness (QED) is 0.0270. The molecule has 0 aromatic carbocycles. The third-order valence-corrected chi connectivity index (χ3v) is 9.98. The van der Waals surface area contributed by atoms with Crippen molar-refractivity contribution in [1.29, 1.82) is 0 Å². The first-order valence-electron chi connectivity index (χ1n) is 21.5. The minimum absolute atomic E-state index is 0.0459. The Morgan fingerprint density at radius 3 is 1.51 bits per heavy atom. The maximum atomic E-state index is 12.6. The molecule has 0 saturated heterocycles. The van der Waals surface area contributed by atoms with Gasteiger partial charge in [-0.05, 0) is 64.2 Å². The van der Waals surface area contributed by atoms with Gasteiger partial charge >= 0.3 is 19.8 Å². The first-order chi connectivity index (χ1) is 25.8. The van der Waals surface area contributed by atoms with Gasteiger partial charge in [0.1, 0.15) is 6.61 Å². The van der Waals surface area contributed by atoms with Crippen molar-refractivity contribution in [1.82, 2.24) is 0 Å². The van der Waals surface area contributed by atoms with Crippen LogP contribution in [0, 0.1) is 0 Å². The van der Waals surface area contributed by atoms with Gasteiger partial charge in [0.05, 0.1) is 13.2 Å². The molecule has 0 heterocycles. The number of phosphoric ester groups is 1. The zero-order valence-electron chi connectivity index (χ0n) is 34.0. The summed E-state index contributed by atoms with van der Waals surface area (Å²) in [5.41, 5.74) is 5.34. The minimum atomic E-state index is -4.39. The number of phosphoric acid groups is 1. The van der Waals surface area contributed by atoms with Crippen LogP contribution < -0.4 is 5.73 Å². The molecule has 0 spiro atoms. The number of hydrogen-bond donors (Lipinski definition) is 2. The molecule has 0 radical (unpaired) electrons. The monoisotopic (exact) mass is 770 g/mol. The molecule has 0 aliphatic rings. The summed E-state index contributed by atoms with van der Waals surface area (Å²) >= 11 is 0.